The van der Waals surface area contributed by atoms with Crippen molar-refractivity contribution < 1.29 is 9.90 Å². The maximum Gasteiger partial charge on any atom is 0.315 e. The second-order valence-corrected chi connectivity index (χ2v) is 4.00. The summed E-state index contributed by atoms with van der Waals surface area (Å²) in [7, 11) is 0. The van der Waals surface area contributed by atoms with Gasteiger partial charge in [0.25, 0.3) is 0 Å². The standard InChI is InChI=1S/C14H20N2O2/c1-2-9-15-14(18)16-11-13(8-10-17)12-6-4-3-5-7-12/h2-7,13,17H,1,8-11H2,(H2,15,16,18). The Hall–Kier alpha value is -1.81. The van der Waals surface area contributed by atoms with Gasteiger partial charge in [-0.15, -0.1) is 6.58 Å². The van der Waals surface area contributed by atoms with Gasteiger partial charge in [-0.2, -0.15) is 0 Å². The first-order valence-electron chi connectivity index (χ1n) is 6.06. The summed E-state index contributed by atoms with van der Waals surface area (Å²) in [5.41, 5.74) is 1.12. The summed E-state index contributed by atoms with van der Waals surface area (Å²) in [6, 6.07) is 9.65. The fourth-order valence-electron chi connectivity index (χ4n) is 1.71. The molecule has 0 aromatic heterocycles. The van der Waals surface area contributed by atoms with Gasteiger partial charge in [-0.25, -0.2) is 4.79 Å². The predicted molar refractivity (Wildman–Crippen MR) is 72.5 cm³/mol. The van der Waals surface area contributed by atoms with Gasteiger partial charge in [0.05, 0.1) is 0 Å². The van der Waals surface area contributed by atoms with Gasteiger partial charge >= 0.3 is 6.03 Å². The van der Waals surface area contributed by atoms with E-state index in [0.29, 0.717) is 19.5 Å². The highest BCUT2D eigenvalue weighted by Gasteiger charge is 2.11. The smallest absolute Gasteiger partial charge is 0.315 e. The van der Waals surface area contributed by atoms with Crippen LogP contribution in [0.15, 0.2) is 43.0 Å². The van der Waals surface area contributed by atoms with E-state index >= 15 is 0 Å². The highest BCUT2D eigenvalue weighted by Crippen LogP contribution is 2.17. The molecule has 3 N–H and O–H groups in total. The average Bonchev–Trinajstić information content (AvgIpc) is 2.42. The van der Waals surface area contributed by atoms with Gasteiger partial charge in [-0.1, -0.05) is 36.4 Å². The van der Waals surface area contributed by atoms with Gasteiger partial charge in [0.1, 0.15) is 0 Å². The van der Waals surface area contributed by atoms with Crippen LogP contribution in [0, 0.1) is 0 Å². The number of rotatable bonds is 7. The van der Waals surface area contributed by atoms with E-state index in [1.807, 2.05) is 30.3 Å². The van der Waals surface area contributed by atoms with E-state index in [4.69, 9.17) is 5.11 Å². The van der Waals surface area contributed by atoms with Crippen molar-refractivity contribution in [3.05, 3.63) is 48.6 Å². The van der Waals surface area contributed by atoms with Crippen molar-refractivity contribution in [2.75, 3.05) is 19.7 Å². The monoisotopic (exact) mass is 248 g/mol. The van der Waals surface area contributed by atoms with Gasteiger partial charge in [-0.3, -0.25) is 0 Å². The van der Waals surface area contributed by atoms with Crippen molar-refractivity contribution in [3.8, 4) is 0 Å². The third-order valence-corrected chi connectivity index (χ3v) is 2.66. The second-order valence-electron chi connectivity index (χ2n) is 4.00. The van der Waals surface area contributed by atoms with E-state index in [2.05, 4.69) is 17.2 Å². The molecule has 1 atom stereocenters. The summed E-state index contributed by atoms with van der Waals surface area (Å²) in [4.78, 5) is 11.4. The number of nitrogens with one attached hydrogen (secondary N) is 2. The van der Waals surface area contributed by atoms with Crippen molar-refractivity contribution in [2.24, 2.45) is 0 Å². The molecule has 4 nitrogen and oxygen atoms in total. The van der Waals surface area contributed by atoms with E-state index < -0.39 is 0 Å². The second kappa shape index (κ2) is 8.31. The molecule has 4 heteroatoms. The Bertz CT molecular complexity index is 365. The normalized spacial score (nSPS) is 11.6. The molecule has 0 fully saturated rings. The molecule has 1 unspecified atom stereocenters. The lowest BCUT2D eigenvalue weighted by molar-refractivity contribution is 0.238. The molecule has 1 rings (SSSR count). The van der Waals surface area contributed by atoms with Crippen LogP contribution in [0.3, 0.4) is 0 Å². The molecule has 0 saturated carbocycles. The molecule has 18 heavy (non-hydrogen) atoms. The third kappa shape index (κ3) is 5.01. The number of hydrogen-bond donors (Lipinski definition) is 3. The van der Waals surface area contributed by atoms with Crippen LogP contribution in [0.25, 0.3) is 0 Å². The molecule has 0 bridgehead atoms. The van der Waals surface area contributed by atoms with Gasteiger partial charge in [0.15, 0.2) is 0 Å². The van der Waals surface area contributed by atoms with E-state index in [0.717, 1.165) is 5.56 Å². The Morgan fingerprint density at radius 3 is 2.67 bits per heavy atom. The molecule has 2 amide bonds. The van der Waals surface area contributed by atoms with Crippen molar-refractivity contribution in [1.29, 1.82) is 0 Å². The Morgan fingerprint density at radius 1 is 1.33 bits per heavy atom. The molecule has 0 aliphatic rings. The quantitative estimate of drug-likeness (QED) is 0.642. The molecule has 0 saturated heterocycles. The molecule has 0 aliphatic heterocycles. The van der Waals surface area contributed by atoms with Gasteiger partial charge < -0.3 is 15.7 Å². The first-order chi connectivity index (χ1) is 8.77. The summed E-state index contributed by atoms with van der Waals surface area (Å²) in [5.74, 6) is 0.130. The fourth-order valence-corrected chi connectivity index (χ4v) is 1.71. The van der Waals surface area contributed by atoms with E-state index in [-0.39, 0.29) is 18.6 Å². The highest BCUT2D eigenvalue weighted by molar-refractivity contribution is 5.74. The van der Waals surface area contributed by atoms with E-state index in [1.165, 1.54) is 0 Å². The molecule has 0 radical (unpaired) electrons. The largest absolute Gasteiger partial charge is 0.396 e. The zero-order valence-corrected chi connectivity index (χ0v) is 10.4. The van der Waals surface area contributed by atoms with Crippen LogP contribution < -0.4 is 10.6 Å². The summed E-state index contributed by atoms with van der Waals surface area (Å²) >= 11 is 0. The van der Waals surface area contributed by atoms with Gasteiger partial charge in [0, 0.05) is 25.6 Å². The Balaban J connectivity index is 2.48. The molecule has 0 heterocycles. The first-order valence-corrected chi connectivity index (χ1v) is 6.06. The number of aliphatic hydroxyl groups excluding tert-OH is 1. The van der Waals surface area contributed by atoms with Crippen LogP contribution in [0.5, 0.6) is 0 Å². The zero-order chi connectivity index (χ0) is 13.2. The zero-order valence-electron chi connectivity index (χ0n) is 10.4. The van der Waals surface area contributed by atoms with Crippen LogP contribution >= 0.6 is 0 Å². The number of benzene rings is 1. The Kier molecular flexibility index (Phi) is 6.58. The minimum atomic E-state index is -0.214. The molecular weight excluding hydrogens is 228 g/mol. The molecule has 1 aromatic rings. The lowest BCUT2D eigenvalue weighted by Gasteiger charge is -2.17. The third-order valence-electron chi connectivity index (χ3n) is 2.66. The van der Waals surface area contributed by atoms with Crippen molar-refractivity contribution >= 4 is 6.03 Å². The highest BCUT2D eigenvalue weighted by atomic mass is 16.3. The molecule has 0 aliphatic carbocycles. The number of urea groups is 1. The maximum absolute atomic E-state index is 11.4. The Labute approximate surface area is 108 Å². The first kappa shape index (κ1) is 14.3. The van der Waals surface area contributed by atoms with Gasteiger partial charge in [-0.05, 0) is 12.0 Å². The maximum atomic E-state index is 11.4. The van der Waals surface area contributed by atoms with E-state index in [1.54, 1.807) is 6.08 Å². The summed E-state index contributed by atoms with van der Waals surface area (Å²) in [6.45, 7) is 4.59. The number of aliphatic hydroxyl groups is 1. The van der Waals surface area contributed by atoms with Crippen LogP contribution in [0.2, 0.25) is 0 Å². The predicted octanol–water partition coefficient (Wildman–Crippen LogP) is 1.64. The topological polar surface area (TPSA) is 61.4 Å². The summed E-state index contributed by atoms with van der Waals surface area (Å²) in [6.07, 6.45) is 2.26. The number of amides is 2. The number of hydrogen-bond acceptors (Lipinski definition) is 2. The van der Waals surface area contributed by atoms with Crippen LogP contribution in [0.4, 0.5) is 4.79 Å². The van der Waals surface area contributed by atoms with Crippen LogP contribution in [-0.4, -0.2) is 30.8 Å². The lowest BCUT2D eigenvalue weighted by Crippen LogP contribution is -2.37. The number of carbonyl (C=O) groups is 1. The average molecular weight is 248 g/mol. The summed E-state index contributed by atoms with van der Waals surface area (Å²) in [5, 5.41) is 14.5. The van der Waals surface area contributed by atoms with Crippen molar-refractivity contribution in [1.82, 2.24) is 10.6 Å². The van der Waals surface area contributed by atoms with Gasteiger partial charge in [0.2, 0.25) is 0 Å². The minimum absolute atomic E-state index is 0.107. The molecular formula is C14H20N2O2. The van der Waals surface area contributed by atoms with Crippen molar-refractivity contribution in [3.63, 3.8) is 0 Å². The SMILES string of the molecule is C=CCNC(=O)NCC(CCO)c1ccccc1. The Morgan fingerprint density at radius 2 is 2.06 bits per heavy atom. The fraction of sp³-hybridized carbons (Fsp3) is 0.357. The van der Waals surface area contributed by atoms with Crippen LogP contribution in [0.1, 0.15) is 17.9 Å². The van der Waals surface area contributed by atoms with E-state index in [9.17, 15) is 4.79 Å². The molecule has 0 spiro atoms. The van der Waals surface area contributed by atoms with Crippen LogP contribution in [-0.2, 0) is 0 Å². The van der Waals surface area contributed by atoms with Crippen molar-refractivity contribution in [2.45, 2.75) is 12.3 Å². The lowest BCUT2D eigenvalue weighted by atomic mass is 9.96. The molecule has 1 aromatic carbocycles. The molecule has 98 valence electrons. The summed E-state index contributed by atoms with van der Waals surface area (Å²) < 4.78 is 0. The number of carbonyl (C=O) groups excluding carboxylic acids is 1. The minimum Gasteiger partial charge on any atom is -0.396 e.